The highest BCUT2D eigenvalue weighted by molar-refractivity contribution is 9.10. The minimum absolute atomic E-state index is 0.0462. The number of halogens is 1. The highest BCUT2D eigenvalue weighted by Crippen LogP contribution is 2.38. The number of hydrogen-bond acceptors (Lipinski definition) is 6. The van der Waals surface area contributed by atoms with Crippen LogP contribution in [0.1, 0.15) is 23.6 Å². The summed E-state index contributed by atoms with van der Waals surface area (Å²) in [4.78, 5) is 38.5. The first-order chi connectivity index (χ1) is 14.7. The number of aryl methyl sites for hydroxylation is 2. The average molecular weight is 505 g/mol. The fraction of sp³-hybridized carbons (Fsp3) is 0.227. The van der Waals surface area contributed by atoms with E-state index in [2.05, 4.69) is 21.2 Å². The molecule has 0 unspecified atom stereocenters. The molecule has 0 aliphatic carbocycles. The third-order valence-corrected chi connectivity index (χ3v) is 6.13. The van der Waals surface area contributed by atoms with Gasteiger partial charge in [0.1, 0.15) is 6.54 Å². The molecule has 31 heavy (non-hydrogen) atoms. The van der Waals surface area contributed by atoms with Crippen LogP contribution in [0, 0.1) is 13.8 Å². The summed E-state index contributed by atoms with van der Waals surface area (Å²) in [7, 11) is 0. The highest BCUT2D eigenvalue weighted by atomic mass is 79.9. The van der Waals surface area contributed by atoms with Crippen molar-refractivity contribution in [3.63, 3.8) is 0 Å². The molecule has 0 aromatic heterocycles. The van der Waals surface area contributed by atoms with Gasteiger partial charge in [-0.15, -0.1) is 0 Å². The lowest BCUT2D eigenvalue weighted by Gasteiger charge is -2.13. The normalized spacial score (nSPS) is 15.0. The number of benzene rings is 2. The van der Waals surface area contributed by atoms with Crippen molar-refractivity contribution >= 4 is 56.5 Å². The smallest absolute Gasteiger partial charge is 0.294 e. The molecule has 1 aliphatic heterocycles. The number of nitrogens with one attached hydrogen (secondary N) is 1. The molecule has 3 amide bonds. The van der Waals surface area contributed by atoms with Gasteiger partial charge >= 0.3 is 0 Å². The number of nitrogens with zero attached hydrogens (tertiary/aromatic N) is 1. The van der Waals surface area contributed by atoms with Gasteiger partial charge in [-0.2, -0.15) is 0 Å². The van der Waals surface area contributed by atoms with Crippen LogP contribution in [0.25, 0.3) is 6.08 Å². The number of rotatable bonds is 6. The number of carbonyl (C=O) groups is 3. The third kappa shape index (κ3) is 5.29. The summed E-state index contributed by atoms with van der Waals surface area (Å²) >= 11 is 4.01. The van der Waals surface area contributed by atoms with Crippen LogP contribution in [0.4, 0.5) is 10.5 Å². The van der Waals surface area contributed by atoms with E-state index in [4.69, 9.17) is 4.74 Å². The topological polar surface area (TPSA) is 95.9 Å². The van der Waals surface area contributed by atoms with Crippen LogP contribution in [0.3, 0.4) is 0 Å². The molecule has 0 atom stereocenters. The van der Waals surface area contributed by atoms with Crippen molar-refractivity contribution in [3.8, 4) is 11.5 Å². The number of anilines is 1. The van der Waals surface area contributed by atoms with Gasteiger partial charge in [0.25, 0.3) is 11.1 Å². The van der Waals surface area contributed by atoms with Gasteiger partial charge in [-0.25, -0.2) is 0 Å². The molecule has 0 spiro atoms. The third-order valence-electron chi connectivity index (χ3n) is 4.61. The first kappa shape index (κ1) is 22.9. The molecule has 9 heteroatoms. The molecule has 3 rings (SSSR count). The Hall–Kier alpha value is -2.78. The van der Waals surface area contributed by atoms with Crippen LogP contribution in [0.5, 0.6) is 11.5 Å². The summed E-state index contributed by atoms with van der Waals surface area (Å²) in [6.07, 6.45) is 1.53. The maximum atomic E-state index is 12.7. The quantitative estimate of drug-likeness (QED) is 0.546. The van der Waals surface area contributed by atoms with Crippen LogP contribution in [0.15, 0.2) is 39.7 Å². The second kappa shape index (κ2) is 9.57. The van der Waals surface area contributed by atoms with E-state index in [0.29, 0.717) is 22.3 Å². The van der Waals surface area contributed by atoms with Crippen molar-refractivity contribution < 1.29 is 24.2 Å². The van der Waals surface area contributed by atoms with Crippen molar-refractivity contribution in [3.05, 3.63) is 56.4 Å². The maximum Gasteiger partial charge on any atom is 0.294 e. The summed E-state index contributed by atoms with van der Waals surface area (Å²) < 4.78 is 5.79. The van der Waals surface area contributed by atoms with Crippen LogP contribution in [0.2, 0.25) is 0 Å². The molecule has 1 fully saturated rings. The Morgan fingerprint density at radius 2 is 1.97 bits per heavy atom. The zero-order valence-corrected chi connectivity index (χ0v) is 19.6. The van der Waals surface area contributed by atoms with Crippen LogP contribution < -0.4 is 10.1 Å². The first-order valence-electron chi connectivity index (χ1n) is 9.47. The van der Waals surface area contributed by atoms with Gasteiger partial charge < -0.3 is 15.2 Å². The molecule has 0 bridgehead atoms. The van der Waals surface area contributed by atoms with Crippen molar-refractivity contribution in [2.45, 2.75) is 20.8 Å². The summed E-state index contributed by atoms with van der Waals surface area (Å²) in [6.45, 7) is 5.67. The second-order valence-electron chi connectivity index (χ2n) is 6.90. The van der Waals surface area contributed by atoms with E-state index < -0.39 is 17.1 Å². The monoisotopic (exact) mass is 504 g/mol. The molecule has 7 nitrogen and oxygen atoms in total. The minimum Gasteiger partial charge on any atom is -0.503 e. The Labute approximate surface area is 192 Å². The molecule has 2 aromatic carbocycles. The number of phenolic OH excluding ortho intramolecular Hbond substituents is 1. The standard InChI is InChI=1S/C22H21BrN2O5S/c1-4-30-17-9-14(8-16(23)20(17)27)10-18-21(28)25(22(29)31-18)11-19(26)24-15-6-5-12(2)13(3)7-15/h5-10,27H,4,11H2,1-3H3,(H,24,26)/b18-10+. The number of aromatic hydroxyl groups is 1. The average Bonchev–Trinajstić information content (AvgIpc) is 2.96. The summed E-state index contributed by atoms with van der Waals surface area (Å²) in [5.41, 5.74) is 3.30. The summed E-state index contributed by atoms with van der Waals surface area (Å²) in [5.74, 6) is -0.796. The number of amides is 3. The Morgan fingerprint density at radius 3 is 2.65 bits per heavy atom. The van der Waals surface area contributed by atoms with Crippen molar-refractivity contribution in [1.29, 1.82) is 0 Å². The zero-order chi connectivity index (χ0) is 22.7. The van der Waals surface area contributed by atoms with E-state index in [1.165, 1.54) is 6.08 Å². The lowest BCUT2D eigenvalue weighted by atomic mass is 10.1. The second-order valence-corrected chi connectivity index (χ2v) is 8.75. The molecule has 1 aliphatic rings. The van der Waals surface area contributed by atoms with E-state index in [1.807, 2.05) is 26.0 Å². The Kier molecular flexibility index (Phi) is 7.07. The SMILES string of the molecule is CCOc1cc(/C=C2/SC(=O)N(CC(=O)Nc3ccc(C)c(C)c3)C2=O)cc(Br)c1O. The van der Waals surface area contributed by atoms with E-state index in [1.54, 1.807) is 25.1 Å². The predicted molar refractivity (Wildman–Crippen MR) is 124 cm³/mol. The summed E-state index contributed by atoms with van der Waals surface area (Å²) in [5, 5.41) is 12.2. The van der Waals surface area contributed by atoms with Gasteiger partial charge in [0.15, 0.2) is 11.5 Å². The van der Waals surface area contributed by atoms with Crippen molar-refractivity contribution in [2.24, 2.45) is 0 Å². The van der Waals surface area contributed by atoms with E-state index in [9.17, 15) is 19.5 Å². The maximum absolute atomic E-state index is 12.7. The molecular formula is C22H21BrN2O5S. The van der Waals surface area contributed by atoms with Crippen LogP contribution >= 0.6 is 27.7 Å². The van der Waals surface area contributed by atoms with Gasteiger partial charge in [-0.05, 0) is 95.5 Å². The van der Waals surface area contributed by atoms with E-state index in [-0.39, 0.29) is 22.9 Å². The Balaban J connectivity index is 1.74. The van der Waals surface area contributed by atoms with E-state index >= 15 is 0 Å². The first-order valence-corrected chi connectivity index (χ1v) is 11.1. The van der Waals surface area contributed by atoms with Crippen LogP contribution in [-0.4, -0.2) is 40.2 Å². The zero-order valence-electron chi connectivity index (χ0n) is 17.2. The largest absolute Gasteiger partial charge is 0.503 e. The number of ether oxygens (including phenoxy) is 1. The molecule has 2 aromatic rings. The fourth-order valence-corrected chi connectivity index (χ4v) is 4.19. The molecule has 1 saturated heterocycles. The lowest BCUT2D eigenvalue weighted by Crippen LogP contribution is -2.36. The fourth-order valence-electron chi connectivity index (χ4n) is 2.89. The van der Waals surface area contributed by atoms with Gasteiger partial charge in [0, 0.05) is 5.69 Å². The predicted octanol–water partition coefficient (Wildman–Crippen LogP) is 4.85. The number of hydrogen-bond donors (Lipinski definition) is 2. The summed E-state index contributed by atoms with van der Waals surface area (Å²) in [6, 6.07) is 8.68. The van der Waals surface area contributed by atoms with E-state index in [0.717, 1.165) is 27.8 Å². The van der Waals surface area contributed by atoms with Crippen LogP contribution in [-0.2, 0) is 9.59 Å². The van der Waals surface area contributed by atoms with Gasteiger partial charge in [-0.3, -0.25) is 19.3 Å². The van der Waals surface area contributed by atoms with Crippen molar-refractivity contribution in [2.75, 3.05) is 18.5 Å². The Morgan fingerprint density at radius 1 is 1.23 bits per heavy atom. The molecule has 1 heterocycles. The molecule has 162 valence electrons. The molecular weight excluding hydrogens is 484 g/mol. The van der Waals surface area contributed by atoms with Crippen molar-refractivity contribution in [1.82, 2.24) is 4.90 Å². The van der Waals surface area contributed by atoms with Gasteiger partial charge in [0.2, 0.25) is 5.91 Å². The number of carbonyl (C=O) groups excluding carboxylic acids is 3. The molecule has 0 saturated carbocycles. The minimum atomic E-state index is -0.549. The Bertz CT molecular complexity index is 1100. The highest BCUT2D eigenvalue weighted by Gasteiger charge is 2.36. The molecule has 2 N–H and O–H groups in total. The lowest BCUT2D eigenvalue weighted by molar-refractivity contribution is -0.127. The van der Waals surface area contributed by atoms with Gasteiger partial charge in [0.05, 0.1) is 16.0 Å². The molecule has 0 radical (unpaired) electrons. The van der Waals surface area contributed by atoms with Gasteiger partial charge in [-0.1, -0.05) is 6.07 Å². The number of imide groups is 1. The number of phenols is 1. The number of thioether (sulfide) groups is 1.